The average molecular weight is 498 g/mol. The number of amides is 1. The Morgan fingerprint density at radius 1 is 0.848 bits per heavy atom. The first kappa shape index (κ1) is 23.8. The highest BCUT2D eigenvalue weighted by molar-refractivity contribution is 7.89. The number of hydrogen-bond donors (Lipinski definition) is 1. The van der Waals surface area contributed by atoms with E-state index in [4.69, 9.17) is 4.74 Å². The summed E-state index contributed by atoms with van der Waals surface area (Å²) in [6.45, 7) is 1.60. The topological polar surface area (TPSA) is 113 Å². The van der Waals surface area contributed by atoms with Crippen LogP contribution in [0.15, 0.2) is 52.3 Å². The predicted molar refractivity (Wildman–Crippen MR) is 118 cm³/mol. The van der Waals surface area contributed by atoms with E-state index in [-0.39, 0.29) is 36.8 Å². The lowest BCUT2D eigenvalue weighted by molar-refractivity contribution is 0.0729. The summed E-state index contributed by atoms with van der Waals surface area (Å²) in [5.41, 5.74) is 0.277. The molecule has 0 radical (unpaired) electrons. The van der Waals surface area contributed by atoms with Gasteiger partial charge in [-0.05, 0) is 55.3 Å². The highest BCUT2D eigenvalue weighted by Gasteiger charge is 2.30. The van der Waals surface area contributed by atoms with Gasteiger partial charge in [0.2, 0.25) is 20.0 Å². The molecule has 178 valence electrons. The molecule has 2 aliphatic rings. The van der Waals surface area contributed by atoms with E-state index in [1.54, 1.807) is 0 Å². The molecule has 0 aliphatic carbocycles. The summed E-state index contributed by atoms with van der Waals surface area (Å²) in [4.78, 5) is 12.2. The van der Waals surface area contributed by atoms with Gasteiger partial charge in [-0.1, -0.05) is 0 Å². The van der Waals surface area contributed by atoms with Crippen LogP contribution in [0.2, 0.25) is 0 Å². The second kappa shape index (κ2) is 9.47. The van der Waals surface area contributed by atoms with Gasteiger partial charge >= 0.3 is 0 Å². The molecule has 2 fully saturated rings. The van der Waals surface area contributed by atoms with Crippen LogP contribution in [0.3, 0.4) is 0 Å². The molecule has 0 aromatic heterocycles. The lowest BCUT2D eigenvalue weighted by atomic mass is 10.2. The highest BCUT2D eigenvalue weighted by Crippen LogP contribution is 2.24. The summed E-state index contributed by atoms with van der Waals surface area (Å²) in [5.74, 6) is -1.60. The van der Waals surface area contributed by atoms with Crippen molar-refractivity contribution < 1.29 is 30.8 Å². The van der Waals surface area contributed by atoms with Gasteiger partial charge in [0.05, 0.1) is 18.1 Å². The van der Waals surface area contributed by atoms with E-state index < -0.39 is 36.7 Å². The molecule has 0 bridgehead atoms. The van der Waals surface area contributed by atoms with Crippen molar-refractivity contribution in [2.24, 2.45) is 0 Å². The van der Waals surface area contributed by atoms with Crippen LogP contribution < -0.4 is 5.32 Å². The molecule has 12 heteroatoms. The molecule has 0 atom stereocenters. The zero-order valence-electron chi connectivity index (χ0n) is 17.7. The summed E-state index contributed by atoms with van der Waals surface area (Å²) in [6.07, 6.45) is 1.66. The fourth-order valence-electron chi connectivity index (χ4n) is 3.76. The first-order valence-corrected chi connectivity index (χ1v) is 13.4. The Morgan fingerprint density at radius 3 is 2.09 bits per heavy atom. The first-order chi connectivity index (χ1) is 15.7. The van der Waals surface area contributed by atoms with Crippen molar-refractivity contribution in [1.82, 2.24) is 8.61 Å². The Morgan fingerprint density at radius 2 is 1.45 bits per heavy atom. The zero-order chi connectivity index (χ0) is 23.6. The molecule has 1 N–H and O–H groups in total. The van der Waals surface area contributed by atoms with Crippen molar-refractivity contribution in [2.75, 3.05) is 44.7 Å². The van der Waals surface area contributed by atoms with E-state index in [0.29, 0.717) is 18.8 Å². The molecule has 2 aromatic rings. The van der Waals surface area contributed by atoms with Crippen LogP contribution in [0.4, 0.5) is 10.1 Å². The highest BCUT2D eigenvalue weighted by atomic mass is 32.2. The van der Waals surface area contributed by atoms with Crippen LogP contribution in [0, 0.1) is 5.82 Å². The molecule has 0 saturated carbocycles. The van der Waals surface area contributed by atoms with Crippen molar-refractivity contribution in [2.45, 2.75) is 22.6 Å². The monoisotopic (exact) mass is 497 g/mol. The SMILES string of the molecule is O=C(Nc1ccc(S(=O)(=O)N2CCCC2)cc1)c1ccc(F)c(S(=O)(=O)N2CCOCC2)c1. The number of morpholine rings is 1. The van der Waals surface area contributed by atoms with E-state index in [9.17, 15) is 26.0 Å². The number of anilines is 1. The number of nitrogens with zero attached hydrogens (tertiary/aromatic N) is 2. The Kier molecular flexibility index (Phi) is 6.82. The van der Waals surface area contributed by atoms with Crippen LogP contribution in [0.25, 0.3) is 0 Å². The van der Waals surface area contributed by atoms with Gasteiger partial charge < -0.3 is 10.1 Å². The van der Waals surface area contributed by atoms with Crippen LogP contribution >= 0.6 is 0 Å². The fraction of sp³-hybridized carbons (Fsp3) is 0.381. The van der Waals surface area contributed by atoms with Gasteiger partial charge in [-0.15, -0.1) is 0 Å². The normalized spacial score (nSPS) is 18.3. The van der Waals surface area contributed by atoms with Gasteiger partial charge in [0.25, 0.3) is 5.91 Å². The maximum absolute atomic E-state index is 14.4. The summed E-state index contributed by atoms with van der Waals surface area (Å²) >= 11 is 0. The van der Waals surface area contributed by atoms with E-state index in [2.05, 4.69) is 5.32 Å². The number of hydrogen-bond acceptors (Lipinski definition) is 6. The number of benzene rings is 2. The molecule has 4 rings (SSSR count). The molecular formula is C21H24FN3O6S2. The largest absolute Gasteiger partial charge is 0.379 e. The van der Waals surface area contributed by atoms with E-state index in [0.717, 1.165) is 29.3 Å². The molecule has 2 aromatic carbocycles. The molecule has 9 nitrogen and oxygen atoms in total. The second-order valence-corrected chi connectivity index (χ2v) is 11.6. The second-order valence-electron chi connectivity index (χ2n) is 7.75. The van der Waals surface area contributed by atoms with Crippen LogP contribution in [0.1, 0.15) is 23.2 Å². The van der Waals surface area contributed by atoms with Gasteiger partial charge in [-0.3, -0.25) is 4.79 Å². The smallest absolute Gasteiger partial charge is 0.255 e. The van der Waals surface area contributed by atoms with Crippen molar-refractivity contribution in [3.05, 3.63) is 53.8 Å². The Balaban J connectivity index is 1.51. The maximum Gasteiger partial charge on any atom is 0.255 e. The third-order valence-electron chi connectivity index (χ3n) is 5.60. The van der Waals surface area contributed by atoms with Gasteiger partial charge in [0, 0.05) is 37.4 Å². The molecule has 2 heterocycles. The van der Waals surface area contributed by atoms with Crippen molar-refractivity contribution in [1.29, 1.82) is 0 Å². The van der Waals surface area contributed by atoms with E-state index in [1.165, 1.54) is 34.6 Å². The third-order valence-corrected chi connectivity index (χ3v) is 9.42. The minimum atomic E-state index is -4.12. The van der Waals surface area contributed by atoms with E-state index in [1.807, 2.05) is 0 Å². The van der Waals surface area contributed by atoms with Gasteiger partial charge in [-0.2, -0.15) is 8.61 Å². The molecular weight excluding hydrogens is 473 g/mol. The van der Waals surface area contributed by atoms with Crippen LogP contribution in [-0.2, 0) is 24.8 Å². The molecule has 2 saturated heterocycles. The van der Waals surface area contributed by atoms with Gasteiger partial charge in [-0.25, -0.2) is 21.2 Å². The van der Waals surface area contributed by atoms with Gasteiger partial charge in [0.1, 0.15) is 10.7 Å². The number of carbonyl (C=O) groups is 1. The third kappa shape index (κ3) is 4.94. The summed E-state index contributed by atoms with van der Waals surface area (Å²) in [5, 5.41) is 2.59. The number of sulfonamides is 2. The number of ether oxygens (including phenoxy) is 1. The maximum atomic E-state index is 14.4. The molecule has 0 unspecified atom stereocenters. The number of rotatable bonds is 6. The molecule has 1 amide bonds. The minimum absolute atomic E-state index is 0.0444. The Bertz CT molecular complexity index is 1240. The fourth-order valence-corrected chi connectivity index (χ4v) is 6.77. The van der Waals surface area contributed by atoms with E-state index >= 15 is 0 Å². The zero-order valence-corrected chi connectivity index (χ0v) is 19.4. The Labute approximate surface area is 192 Å². The average Bonchev–Trinajstić information content (AvgIpc) is 3.36. The minimum Gasteiger partial charge on any atom is -0.379 e. The van der Waals surface area contributed by atoms with Crippen molar-refractivity contribution in [3.63, 3.8) is 0 Å². The number of nitrogens with one attached hydrogen (secondary N) is 1. The Hall–Kier alpha value is -2.38. The van der Waals surface area contributed by atoms with Gasteiger partial charge in [0.15, 0.2) is 0 Å². The van der Waals surface area contributed by atoms with Crippen LogP contribution in [-0.4, -0.2) is 70.7 Å². The van der Waals surface area contributed by atoms with Crippen LogP contribution in [0.5, 0.6) is 0 Å². The lowest BCUT2D eigenvalue weighted by Gasteiger charge is -2.26. The standard InChI is InChI=1S/C21H24FN3O6S2/c22-19-8-3-16(15-20(19)33(29,30)25-11-13-31-14-12-25)21(26)23-17-4-6-18(7-5-17)32(27,28)24-9-1-2-10-24/h3-8,15H,1-2,9-14H2,(H,23,26). The summed E-state index contributed by atoms with van der Waals surface area (Å²) in [6, 6.07) is 8.85. The number of halogens is 1. The molecule has 33 heavy (non-hydrogen) atoms. The quantitative estimate of drug-likeness (QED) is 0.652. The predicted octanol–water partition coefficient (Wildman–Crippen LogP) is 1.88. The lowest BCUT2D eigenvalue weighted by Crippen LogP contribution is -2.41. The van der Waals surface area contributed by atoms with Crippen molar-refractivity contribution in [3.8, 4) is 0 Å². The molecule has 2 aliphatic heterocycles. The molecule has 0 spiro atoms. The summed E-state index contributed by atoms with van der Waals surface area (Å²) in [7, 11) is -7.70. The summed E-state index contributed by atoms with van der Waals surface area (Å²) < 4.78 is 72.9. The van der Waals surface area contributed by atoms with Crippen molar-refractivity contribution >= 4 is 31.6 Å². The number of carbonyl (C=O) groups excluding carboxylic acids is 1. The first-order valence-electron chi connectivity index (χ1n) is 10.5.